The van der Waals surface area contributed by atoms with E-state index in [1.807, 2.05) is 0 Å². The molecule has 0 N–H and O–H groups in total. The van der Waals surface area contributed by atoms with Crippen molar-refractivity contribution in [2.45, 2.75) is 77.0 Å². The third-order valence-corrected chi connectivity index (χ3v) is 11.4. The molecule has 0 amide bonds. The van der Waals surface area contributed by atoms with Crippen LogP contribution < -0.4 is 4.90 Å². The number of Topliss-reactive ketones (excluding diaryl/α,β-unsaturated/α-hetero) is 1. The number of hydrogen-bond acceptors (Lipinski definition) is 7. The standard InChI is InChI=1S/C29H37N3O3S2/c1-28(2,3)27-31-25(23-7-5-4-6-22(23)24(33)18-29(19-30)12-13-29)26(36-27)20-8-10-21(11-9-20)32-14-16-37(34,35)17-15-32/h8-11,22-23H,4-7,12-18H2,1-3H3/t22-,23-/m1/s1. The lowest BCUT2D eigenvalue weighted by molar-refractivity contribution is -0.125. The number of carbonyl (C=O) groups excluding carboxylic acids is 1. The van der Waals surface area contributed by atoms with Crippen molar-refractivity contribution < 1.29 is 13.2 Å². The molecule has 6 nitrogen and oxygen atoms in total. The predicted molar refractivity (Wildman–Crippen MR) is 149 cm³/mol. The third-order valence-electron chi connectivity index (χ3n) is 8.27. The van der Waals surface area contributed by atoms with Crippen LogP contribution in [0.25, 0.3) is 10.4 Å². The number of nitriles is 1. The number of nitrogens with zero attached hydrogens (tertiary/aromatic N) is 3. The van der Waals surface area contributed by atoms with Gasteiger partial charge in [0.15, 0.2) is 9.84 Å². The van der Waals surface area contributed by atoms with E-state index in [-0.39, 0.29) is 34.5 Å². The van der Waals surface area contributed by atoms with Gasteiger partial charge in [0.05, 0.1) is 38.6 Å². The first-order valence-corrected chi connectivity index (χ1v) is 16.2. The molecule has 3 aliphatic rings. The minimum Gasteiger partial charge on any atom is -0.369 e. The van der Waals surface area contributed by atoms with Gasteiger partial charge in [-0.3, -0.25) is 4.79 Å². The largest absolute Gasteiger partial charge is 0.369 e. The molecular formula is C29H37N3O3S2. The van der Waals surface area contributed by atoms with Gasteiger partial charge in [0.1, 0.15) is 5.78 Å². The highest BCUT2D eigenvalue weighted by Gasteiger charge is 2.47. The van der Waals surface area contributed by atoms with Gasteiger partial charge < -0.3 is 4.90 Å². The Labute approximate surface area is 225 Å². The Kier molecular flexibility index (Phi) is 6.99. The molecule has 1 aliphatic heterocycles. The summed E-state index contributed by atoms with van der Waals surface area (Å²) in [5, 5.41) is 10.6. The number of ketones is 1. The van der Waals surface area contributed by atoms with Crippen molar-refractivity contribution in [2.24, 2.45) is 11.3 Å². The van der Waals surface area contributed by atoms with Crippen molar-refractivity contribution >= 4 is 32.6 Å². The zero-order chi connectivity index (χ0) is 26.4. The Balaban J connectivity index is 1.45. The average molecular weight is 540 g/mol. The molecule has 1 saturated heterocycles. The number of sulfone groups is 1. The first kappa shape index (κ1) is 26.4. The molecule has 0 radical (unpaired) electrons. The fourth-order valence-corrected chi connectivity index (χ4v) is 8.09. The second-order valence-corrected chi connectivity index (χ2v) is 15.5. The van der Waals surface area contributed by atoms with E-state index in [0.717, 1.165) is 65.4 Å². The molecule has 2 aliphatic carbocycles. The molecular weight excluding hydrogens is 502 g/mol. The Morgan fingerprint density at radius 2 is 1.78 bits per heavy atom. The van der Waals surface area contributed by atoms with Crippen molar-refractivity contribution in [1.29, 1.82) is 5.26 Å². The maximum absolute atomic E-state index is 13.5. The minimum atomic E-state index is -2.92. The van der Waals surface area contributed by atoms with Crippen LogP contribution in [0, 0.1) is 22.7 Å². The summed E-state index contributed by atoms with van der Waals surface area (Å²) in [7, 11) is -2.92. The van der Waals surface area contributed by atoms with E-state index < -0.39 is 15.3 Å². The van der Waals surface area contributed by atoms with Crippen molar-refractivity contribution in [3.8, 4) is 16.5 Å². The van der Waals surface area contributed by atoms with E-state index >= 15 is 0 Å². The molecule has 198 valence electrons. The summed E-state index contributed by atoms with van der Waals surface area (Å²) in [5.41, 5.74) is 2.68. The number of thiazole rings is 1. The number of benzene rings is 1. The van der Waals surface area contributed by atoms with Gasteiger partial charge in [-0.15, -0.1) is 11.3 Å². The Morgan fingerprint density at radius 3 is 2.38 bits per heavy atom. The Bertz CT molecular complexity index is 1300. The fourth-order valence-electron chi connectivity index (χ4n) is 5.69. The summed E-state index contributed by atoms with van der Waals surface area (Å²) in [4.78, 5) is 22.0. The quantitative estimate of drug-likeness (QED) is 0.455. The molecule has 1 aromatic heterocycles. The van der Waals surface area contributed by atoms with Crippen molar-refractivity contribution in [1.82, 2.24) is 4.98 Å². The van der Waals surface area contributed by atoms with Gasteiger partial charge >= 0.3 is 0 Å². The first-order valence-electron chi connectivity index (χ1n) is 13.5. The zero-order valence-electron chi connectivity index (χ0n) is 22.1. The van der Waals surface area contributed by atoms with Gasteiger partial charge in [0, 0.05) is 42.4 Å². The van der Waals surface area contributed by atoms with E-state index in [1.54, 1.807) is 11.3 Å². The number of rotatable bonds is 6. The number of aromatic nitrogens is 1. The summed E-state index contributed by atoms with van der Waals surface area (Å²) in [6.45, 7) is 7.59. The monoisotopic (exact) mass is 539 g/mol. The molecule has 2 atom stereocenters. The van der Waals surface area contributed by atoms with Crippen molar-refractivity contribution in [2.75, 3.05) is 29.5 Å². The van der Waals surface area contributed by atoms with Gasteiger partial charge in [0.2, 0.25) is 0 Å². The highest BCUT2D eigenvalue weighted by atomic mass is 32.2. The molecule has 5 rings (SSSR count). The molecule has 0 spiro atoms. The van der Waals surface area contributed by atoms with Gasteiger partial charge in [-0.05, 0) is 43.4 Å². The molecule has 0 bridgehead atoms. The molecule has 2 saturated carbocycles. The van der Waals surface area contributed by atoms with Crippen LogP contribution in [0.1, 0.15) is 82.3 Å². The summed E-state index contributed by atoms with van der Waals surface area (Å²) in [6, 6.07) is 10.8. The summed E-state index contributed by atoms with van der Waals surface area (Å²) < 4.78 is 23.7. The first-order chi connectivity index (χ1) is 17.5. The molecule has 2 heterocycles. The van der Waals surface area contributed by atoms with Crippen LogP contribution in [0.4, 0.5) is 5.69 Å². The van der Waals surface area contributed by atoms with E-state index in [1.165, 1.54) is 0 Å². The van der Waals surface area contributed by atoms with Crippen LogP contribution in [-0.2, 0) is 20.0 Å². The van der Waals surface area contributed by atoms with Crippen LogP contribution in [0.5, 0.6) is 0 Å². The lowest BCUT2D eigenvalue weighted by atomic mass is 9.73. The topological polar surface area (TPSA) is 91.1 Å². The van der Waals surface area contributed by atoms with E-state index in [0.29, 0.717) is 19.5 Å². The van der Waals surface area contributed by atoms with Gasteiger partial charge in [-0.25, -0.2) is 13.4 Å². The Hall–Kier alpha value is -2.24. The molecule has 37 heavy (non-hydrogen) atoms. The number of carbonyl (C=O) groups is 1. The van der Waals surface area contributed by atoms with Crippen LogP contribution in [0.2, 0.25) is 0 Å². The molecule has 2 aromatic rings. The fraction of sp³-hybridized carbons (Fsp3) is 0.621. The summed E-state index contributed by atoms with van der Waals surface area (Å²) >= 11 is 1.73. The molecule has 1 aromatic carbocycles. The molecule has 0 unspecified atom stereocenters. The predicted octanol–water partition coefficient (Wildman–Crippen LogP) is 5.88. The summed E-state index contributed by atoms with van der Waals surface area (Å²) in [5.74, 6) is 0.669. The van der Waals surface area contributed by atoms with Crippen molar-refractivity contribution in [3.05, 3.63) is 35.0 Å². The Morgan fingerprint density at radius 1 is 1.14 bits per heavy atom. The van der Waals surface area contributed by atoms with Crippen LogP contribution >= 0.6 is 11.3 Å². The van der Waals surface area contributed by atoms with Crippen LogP contribution in [0.15, 0.2) is 24.3 Å². The van der Waals surface area contributed by atoms with Gasteiger partial charge in [-0.1, -0.05) is 45.7 Å². The normalized spacial score (nSPS) is 24.9. The lowest BCUT2D eigenvalue weighted by Gasteiger charge is -2.31. The van der Waals surface area contributed by atoms with E-state index in [9.17, 15) is 18.5 Å². The average Bonchev–Trinajstić information content (AvgIpc) is 3.49. The number of hydrogen-bond donors (Lipinski definition) is 0. The third kappa shape index (κ3) is 5.63. The second kappa shape index (κ2) is 9.81. The van der Waals surface area contributed by atoms with Gasteiger partial charge in [0.25, 0.3) is 0 Å². The minimum absolute atomic E-state index is 0.0668. The SMILES string of the molecule is CC(C)(C)c1nc([C@@H]2CCCC[C@H]2C(=O)CC2(C#N)CC2)c(-c2ccc(N3CCS(=O)(=O)CC3)cc2)s1. The van der Waals surface area contributed by atoms with E-state index in [2.05, 4.69) is 56.0 Å². The highest BCUT2D eigenvalue weighted by Crippen LogP contribution is 2.51. The number of anilines is 1. The summed E-state index contributed by atoms with van der Waals surface area (Å²) in [6.07, 6.45) is 6.06. The molecule has 8 heteroatoms. The van der Waals surface area contributed by atoms with E-state index in [4.69, 9.17) is 4.98 Å². The van der Waals surface area contributed by atoms with Crippen LogP contribution in [0.3, 0.4) is 0 Å². The second-order valence-electron chi connectivity index (χ2n) is 12.2. The maximum atomic E-state index is 13.5. The maximum Gasteiger partial charge on any atom is 0.153 e. The molecule has 3 fully saturated rings. The van der Waals surface area contributed by atoms with Crippen molar-refractivity contribution in [3.63, 3.8) is 0 Å². The zero-order valence-corrected chi connectivity index (χ0v) is 23.8. The lowest BCUT2D eigenvalue weighted by Crippen LogP contribution is -2.40. The smallest absolute Gasteiger partial charge is 0.153 e. The highest BCUT2D eigenvalue weighted by molar-refractivity contribution is 7.91. The van der Waals surface area contributed by atoms with Gasteiger partial charge in [-0.2, -0.15) is 5.26 Å². The van der Waals surface area contributed by atoms with Crippen LogP contribution in [-0.4, -0.2) is 43.8 Å².